The number of aryl methyl sites for hydroxylation is 1. The van der Waals surface area contributed by atoms with Gasteiger partial charge >= 0.3 is 7.82 Å². The molecule has 1 fully saturated rings. The van der Waals surface area contributed by atoms with E-state index in [-0.39, 0.29) is 31.3 Å². The summed E-state index contributed by atoms with van der Waals surface area (Å²) in [7, 11) is -4.65. The van der Waals surface area contributed by atoms with Crippen molar-refractivity contribution in [2.24, 2.45) is 11.7 Å². The Morgan fingerprint density at radius 2 is 1.58 bits per heavy atom. The van der Waals surface area contributed by atoms with Gasteiger partial charge in [0, 0.05) is 31.8 Å². The summed E-state index contributed by atoms with van der Waals surface area (Å²) in [6, 6.07) is 4.38. The first-order chi connectivity index (χ1) is 28.0. The maximum atomic E-state index is 13.7. The second-order valence-electron chi connectivity index (χ2n) is 15.5. The minimum atomic E-state index is -4.65. The van der Waals surface area contributed by atoms with Crippen LogP contribution in [0.5, 0.6) is 0 Å². The normalized spacial score (nSPS) is 17.5. The minimum Gasteiger partial charge on any atom is -0.368 e. The number of nitrogens with zero attached hydrogens (tertiary/aromatic N) is 2. The van der Waals surface area contributed by atoms with E-state index < -0.39 is 73.7 Å². The minimum absolute atomic E-state index is 0.0336. The second kappa shape index (κ2) is 24.4. The smallest absolute Gasteiger partial charge is 0.368 e. The molecule has 3 rings (SSSR count). The van der Waals surface area contributed by atoms with Crippen LogP contribution in [-0.2, 0) is 55.2 Å². The molecule has 6 amide bonds. The number of phosphoric ester groups is 1. The molecular weight excluding hydrogens is 783 g/mol. The van der Waals surface area contributed by atoms with E-state index in [1.807, 2.05) is 32.0 Å². The Bertz CT molecular complexity index is 1710. The summed E-state index contributed by atoms with van der Waals surface area (Å²) in [5.74, 6) is -4.12. The number of unbranched alkanes of at least 4 members (excludes halogenated alkanes) is 5. The number of nitrogens with two attached hydrogens (primary N) is 1. The highest BCUT2D eigenvalue weighted by Gasteiger charge is 2.37. The Kier molecular flexibility index (Phi) is 20.2. The van der Waals surface area contributed by atoms with Crippen molar-refractivity contribution in [2.75, 3.05) is 13.2 Å². The quantitative estimate of drug-likeness (QED) is 0.0535. The maximum absolute atomic E-state index is 13.7. The number of carbonyl (C=O) groups excluding carboxylic acids is 6. The van der Waals surface area contributed by atoms with Gasteiger partial charge in [0.25, 0.3) is 0 Å². The van der Waals surface area contributed by atoms with Gasteiger partial charge in [0.2, 0.25) is 35.4 Å². The third kappa shape index (κ3) is 17.2. The summed E-state index contributed by atoms with van der Waals surface area (Å²) in [6.07, 6.45) is 9.17. The van der Waals surface area contributed by atoms with Crippen LogP contribution in [0.4, 0.5) is 0 Å². The van der Waals surface area contributed by atoms with Gasteiger partial charge in [-0.2, -0.15) is 0 Å². The van der Waals surface area contributed by atoms with Crippen LogP contribution in [0.2, 0.25) is 0 Å². The number of carbonyl (C=O) groups is 6. The van der Waals surface area contributed by atoms with E-state index in [0.717, 1.165) is 38.5 Å². The maximum Gasteiger partial charge on any atom is 0.472 e. The fourth-order valence-electron chi connectivity index (χ4n) is 6.83. The molecule has 7 atom stereocenters. The molecule has 18 nitrogen and oxygen atoms in total. The van der Waals surface area contributed by atoms with Crippen LogP contribution in [0.15, 0.2) is 42.9 Å². The van der Waals surface area contributed by atoms with Crippen molar-refractivity contribution >= 4 is 43.3 Å². The molecule has 0 aliphatic carbocycles. The van der Waals surface area contributed by atoms with E-state index in [1.165, 1.54) is 43.8 Å². The van der Waals surface area contributed by atoms with E-state index in [0.29, 0.717) is 31.5 Å². The molecule has 1 aliphatic rings. The predicted molar refractivity (Wildman–Crippen MR) is 219 cm³/mol. The molecule has 0 saturated carbocycles. The van der Waals surface area contributed by atoms with E-state index in [9.17, 15) is 38.2 Å². The first-order valence-corrected chi connectivity index (χ1v) is 21.9. The number of phosphoric acid groups is 1. The number of rotatable bonds is 26. The fourth-order valence-corrected chi connectivity index (χ4v) is 7.79. The third-order valence-electron chi connectivity index (χ3n) is 9.99. The van der Waals surface area contributed by atoms with Crippen molar-refractivity contribution in [1.82, 2.24) is 36.1 Å². The van der Waals surface area contributed by atoms with Crippen LogP contribution < -0.4 is 27.0 Å². The van der Waals surface area contributed by atoms with E-state index >= 15 is 0 Å². The third-order valence-corrected chi connectivity index (χ3v) is 11.1. The number of hydrogen-bond donors (Lipinski definition) is 7. The molecule has 2 aromatic rings. The van der Waals surface area contributed by atoms with E-state index in [4.69, 9.17) is 14.8 Å². The molecule has 0 bridgehead atoms. The molecule has 59 heavy (non-hydrogen) atoms. The lowest BCUT2D eigenvalue weighted by molar-refractivity contribution is -0.138. The summed E-state index contributed by atoms with van der Waals surface area (Å²) in [5.41, 5.74) is 7.32. The van der Waals surface area contributed by atoms with Gasteiger partial charge < -0.3 is 41.8 Å². The molecule has 0 spiro atoms. The highest BCUT2D eigenvalue weighted by atomic mass is 31.2. The first kappa shape index (κ1) is 48.7. The van der Waals surface area contributed by atoms with Crippen LogP contribution in [0, 0.1) is 5.92 Å². The number of H-pyrrole nitrogens is 1. The molecule has 1 saturated heterocycles. The average Bonchev–Trinajstić information content (AvgIpc) is 3.89. The number of imidazole rings is 1. The van der Waals surface area contributed by atoms with Gasteiger partial charge in [0.05, 0.1) is 19.0 Å². The summed E-state index contributed by atoms with van der Waals surface area (Å²) in [5, 5.41) is 10.3. The SMILES string of the molecule is CC(=O)N1CCCC1C(=O)NC(CC(C)C)C(=O)NC(Cc1cnc[nH]1)C(=O)NC(C)C(=O)NC(C(N)=O)C(C)OP(=O)(O)OCCCCCCCCc1ccccc1. The molecule has 328 valence electrons. The number of nitrogens with one attached hydrogen (secondary N) is 5. The average molecular weight is 847 g/mol. The molecule has 1 aromatic carbocycles. The number of aromatic nitrogens is 2. The molecule has 19 heteroatoms. The second-order valence-corrected chi connectivity index (χ2v) is 16.9. The topological polar surface area (TPSA) is 264 Å². The molecule has 0 radical (unpaired) electrons. The fraction of sp³-hybridized carbons (Fsp3) is 0.625. The largest absolute Gasteiger partial charge is 0.472 e. The zero-order chi connectivity index (χ0) is 43.5. The van der Waals surface area contributed by atoms with Gasteiger partial charge in [-0.3, -0.25) is 37.8 Å². The van der Waals surface area contributed by atoms with Crippen LogP contribution in [0.3, 0.4) is 0 Å². The number of primary amides is 1. The number of benzene rings is 1. The van der Waals surface area contributed by atoms with Gasteiger partial charge in [0.15, 0.2) is 0 Å². The van der Waals surface area contributed by atoms with Gasteiger partial charge in [-0.1, -0.05) is 69.9 Å². The Balaban J connectivity index is 1.53. The van der Waals surface area contributed by atoms with E-state index in [2.05, 4.69) is 43.4 Å². The van der Waals surface area contributed by atoms with E-state index in [1.54, 1.807) is 0 Å². The molecule has 1 aliphatic heterocycles. The van der Waals surface area contributed by atoms with Gasteiger partial charge in [-0.15, -0.1) is 0 Å². The Morgan fingerprint density at radius 1 is 0.915 bits per heavy atom. The molecule has 1 aromatic heterocycles. The van der Waals surface area contributed by atoms with Crippen molar-refractivity contribution in [3.63, 3.8) is 0 Å². The standard InChI is InChI=1S/C40H63N8O10P/c1-26(2)22-32(46-40(54)34-19-15-20-48(34)29(5)49)39(53)45-33(23-31-24-42-25-43-31)38(52)44-27(3)37(51)47-35(36(41)50)28(4)58-59(55,56)57-21-14-9-7-6-8-11-16-30-17-12-10-13-18-30/h10,12-13,17-18,24-28,32-35H,6-9,11,14-16,19-23H2,1-5H3,(H2,41,50)(H,42,43)(H,44,52)(H,45,53)(H,46,54)(H,47,51)(H,55,56). The van der Waals surface area contributed by atoms with Gasteiger partial charge in [-0.05, 0) is 63.9 Å². The number of amides is 6. The summed E-state index contributed by atoms with van der Waals surface area (Å²) in [4.78, 5) is 96.9. The molecule has 7 unspecified atom stereocenters. The summed E-state index contributed by atoms with van der Waals surface area (Å²) >= 11 is 0. The Hall–Kier alpha value is -4.64. The zero-order valence-electron chi connectivity index (χ0n) is 34.8. The van der Waals surface area contributed by atoms with Crippen LogP contribution in [0.1, 0.15) is 104 Å². The highest BCUT2D eigenvalue weighted by Crippen LogP contribution is 2.45. The van der Waals surface area contributed by atoms with Crippen molar-refractivity contribution in [2.45, 2.75) is 142 Å². The van der Waals surface area contributed by atoms with Crippen LogP contribution in [-0.4, -0.2) is 105 Å². The van der Waals surface area contributed by atoms with Crippen LogP contribution in [0.25, 0.3) is 0 Å². The van der Waals surface area contributed by atoms with Crippen molar-refractivity contribution in [1.29, 1.82) is 0 Å². The lowest BCUT2D eigenvalue weighted by Gasteiger charge is -2.28. The predicted octanol–water partition coefficient (Wildman–Crippen LogP) is 2.56. The molecular formula is C40H63N8O10P. The summed E-state index contributed by atoms with van der Waals surface area (Å²) < 4.78 is 23.0. The highest BCUT2D eigenvalue weighted by molar-refractivity contribution is 7.47. The van der Waals surface area contributed by atoms with Crippen molar-refractivity contribution in [3.8, 4) is 0 Å². The Morgan fingerprint density at radius 3 is 2.20 bits per heavy atom. The molecule has 2 heterocycles. The number of hydrogen-bond acceptors (Lipinski definition) is 10. The number of likely N-dealkylation sites (tertiary alicyclic amines) is 1. The van der Waals surface area contributed by atoms with Crippen molar-refractivity contribution in [3.05, 3.63) is 54.1 Å². The zero-order valence-corrected chi connectivity index (χ0v) is 35.7. The van der Waals surface area contributed by atoms with Crippen LogP contribution >= 0.6 is 7.82 Å². The number of aromatic amines is 1. The van der Waals surface area contributed by atoms with Crippen molar-refractivity contribution < 1.29 is 47.3 Å². The summed E-state index contributed by atoms with van der Waals surface area (Å²) in [6.45, 7) is 8.11. The molecule has 8 N–H and O–H groups in total. The lowest BCUT2D eigenvalue weighted by Crippen LogP contribution is -2.59. The van der Waals surface area contributed by atoms with Gasteiger partial charge in [0.1, 0.15) is 30.2 Å². The van der Waals surface area contributed by atoms with Gasteiger partial charge in [-0.25, -0.2) is 9.55 Å². The monoisotopic (exact) mass is 846 g/mol. The Labute approximate surface area is 346 Å². The lowest BCUT2D eigenvalue weighted by atomic mass is 10.0. The first-order valence-electron chi connectivity index (χ1n) is 20.4.